The average Bonchev–Trinajstić information content (AvgIpc) is 3.12. The van der Waals surface area contributed by atoms with E-state index >= 15 is 0 Å². The monoisotopic (exact) mass is 434 g/mol. The van der Waals surface area contributed by atoms with Crippen LogP contribution in [0.3, 0.4) is 0 Å². The first-order valence-electron chi connectivity index (χ1n) is 10.0. The molecule has 1 heterocycles. The Bertz CT molecular complexity index is 830. The molecular formula is C21H30N4O6. The zero-order valence-corrected chi connectivity index (χ0v) is 18.3. The van der Waals surface area contributed by atoms with Crippen LogP contribution < -0.4 is 15.4 Å². The van der Waals surface area contributed by atoms with Gasteiger partial charge in [-0.15, -0.1) is 0 Å². The highest BCUT2D eigenvalue weighted by molar-refractivity contribution is 5.93. The molecule has 2 rings (SSSR count). The predicted octanol–water partition coefficient (Wildman–Crippen LogP) is -0.744. The van der Waals surface area contributed by atoms with E-state index in [1.165, 1.54) is 23.6 Å². The van der Waals surface area contributed by atoms with Crippen LogP contribution in [0.5, 0.6) is 5.75 Å². The maximum absolute atomic E-state index is 12.6. The first kappa shape index (κ1) is 24.1. The van der Waals surface area contributed by atoms with E-state index in [4.69, 9.17) is 4.74 Å². The second-order valence-electron chi connectivity index (χ2n) is 7.64. The van der Waals surface area contributed by atoms with Gasteiger partial charge >= 0.3 is 0 Å². The first-order valence-corrected chi connectivity index (χ1v) is 10.0. The summed E-state index contributed by atoms with van der Waals surface area (Å²) in [6.07, 6.45) is -0.784. The molecule has 3 N–H and O–H groups in total. The van der Waals surface area contributed by atoms with Gasteiger partial charge < -0.3 is 30.3 Å². The summed E-state index contributed by atoms with van der Waals surface area (Å²) in [7, 11) is 3.19. The summed E-state index contributed by atoms with van der Waals surface area (Å²) in [6.45, 7) is 2.90. The fraction of sp³-hybridized carbons (Fsp3) is 0.524. The molecule has 0 aliphatic carbocycles. The van der Waals surface area contributed by atoms with E-state index in [1.54, 1.807) is 20.2 Å². The molecule has 0 radical (unpaired) electrons. The summed E-state index contributed by atoms with van der Waals surface area (Å²) in [4.78, 5) is 51.6. The minimum absolute atomic E-state index is 0.00939. The molecule has 0 bridgehead atoms. The summed E-state index contributed by atoms with van der Waals surface area (Å²) in [5.74, 6) is -0.980. The molecule has 0 aromatic heterocycles. The van der Waals surface area contributed by atoms with E-state index in [2.05, 4.69) is 10.6 Å². The zero-order chi connectivity index (χ0) is 23.1. The number of benzene rings is 1. The molecular weight excluding hydrogens is 404 g/mol. The Morgan fingerprint density at radius 2 is 2.03 bits per heavy atom. The third-order valence-electron chi connectivity index (χ3n) is 5.05. The Kier molecular flexibility index (Phi) is 8.38. The van der Waals surface area contributed by atoms with Crippen molar-refractivity contribution in [2.75, 3.05) is 27.2 Å². The number of aliphatic hydroxyl groups excluding tert-OH is 1. The fourth-order valence-corrected chi connectivity index (χ4v) is 3.47. The van der Waals surface area contributed by atoms with Gasteiger partial charge in [0.15, 0.2) is 0 Å². The molecule has 1 aromatic rings. The molecule has 170 valence electrons. The van der Waals surface area contributed by atoms with Crippen molar-refractivity contribution in [3.05, 3.63) is 29.8 Å². The lowest BCUT2D eigenvalue weighted by molar-refractivity contribution is -0.141. The van der Waals surface area contributed by atoms with E-state index in [0.29, 0.717) is 12.3 Å². The predicted molar refractivity (Wildman–Crippen MR) is 112 cm³/mol. The Hall–Kier alpha value is -3.14. The van der Waals surface area contributed by atoms with Crippen LogP contribution >= 0.6 is 0 Å². The summed E-state index contributed by atoms with van der Waals surface area (Å²) in [5, 5.41) is 15.0. The molecule has 10 heteroatoms. The van der Waals surface area contributed by atoms with E-state index < -0.39 is 30.0 Å². The van der Waals surface area contributed by atoms with Crippen molar-refractivity contribution in [3.63, 3.8) is 0 Å². The second-order valence-corrected chi connectivity index (χ2v) is 7.64. The molecule has 4 amide bonds. The van der Waals surface area contributed by atoms with Gasteiger partial charge in [-0.05, 0) is 24.6 Å². The summed E-state index contributed by atoms with van der Waals surface area (Å²) >= 11 is 0. The van der Waals surface area contributed by atoms with Crippen LogP contribution in [-0.4, -0.2) is 84.0 Å². The van der Waals surface area contributed by atoms with E-state index in [-0.39, 0.29) is 31.3 Å². The molecule has 1 saturated heterocycles. The van der Waals surface area contributed by atoms with E-state index in [9.17, 15) is 24.3 Å². The smallest absolute Gasteiger partial charge is 0.245 e. The molecule has 0 spiro atoms. The SMILES string of the molecule is COc1cccc(CN(C)C(=O)CNC(=O)C2CC(O)CN2C(=O)C(C)NC(C)=O)c1. The molecule has 1 aliphatic heterocycles. The number of amides is 4. The zero-order valence-electron chi connectivity index (χ0n) is 18.3. The number of aliphatic hydroxyl groups is 1. The van der Waals surface area contributed by atoms with Crippen molar-refractivity contribution in [2.24, 2.45) is 0 Å². The molecule has 3 unspecified atom stereocenters. The van der Waals surface area contributed by atoms with Crippen LogP contribution in [0.1, 0.15) is 25.8 Å². The molecule has 0 saturated carbocycles. The summed E-state index contributed by atoms with van der Waals surface area (Å²) in [6, 6.07) is 5.59. The van der Waals surface area contributed by atoms with Crippen LogP contribution in [0.2, 0.25) is 0 Å². The molecule has 1 aliphatic rings. The standard InChI is InChI=1S/C21H30N4O6/c1-13(23-14(2)26)21(30)25-12-16(27)9-18(25)20(29)22-10-19(28)24(3)11-15-6-5-7-17(8-15)31-4/h5-8,13,16,18,27H,9-12H2,1-4H3,(H,22,29)(H,23,26). The fourth-order valence-electron chi connectivity index (χ4n) is 3.47. The van der Waals surface area contributed by atoms with Gasteiger partial charge in [0.25, 0.3) is 0 Å². The lowest BCUT2D eigenvalue weighted by atomic mass is 10.1. The number of nitrogens with one attached hydrogen (secondary N) is 2. The van der Waals surface area contributed by atoms with E-state index in [1.807, 2.05) is 18.2 Å². The topological polar surface area (TPSA) is 128 Å². The number of rotatable bonds is 8. The number of hydrogen-bond acceptors (Lipinski definition) is 6. The minimum Gasteiger partial charge on any atom is -0.497 e. The number of likely N-dealkylation sites (N-methyl/N-ethyl adjacent to an activating group) is 1. The van der Waals surface area contributed by atoms with E-state index in [0.717, 1.165) is 5.56 Å². The van der Waals surface area contributed by atoms with Gasteiger partial charge in [-0.1, -0.05) is 12.1 Å². The van der Waals surface area contributed by atoms with Crippen LogP contribution in [0.4, 0.5) is 0 Å². The Balaban J connectivity index is 1.92. The van der Waals surface area contributed by atoms with Crippen molar-refractivity contribution in [1.82, 2.24) is 20.4 Å². The van der Waals surface area contributed by atoms with Gasteiger partial charge in [-0.25, -0.2) is 0 Å². The first-order chi connectivity index (χ1) is 14.6. The van der Waals surface area contributed by atoms with Gasteiger partial charge in [0.1, 0.15) is 17.8 Å². The number of β-amino-alcohol motifs (C(OH)–C–C–N with tert-alkyl or cyclic N) is 1. The third kappa shape index (κ3) is 6.68. The van der Waals surface area contributed by atoms with Gasteiger partial charge in [0.2, 0.25) is 23.6 Å². The number of nitrogens with zero attached hydrogens (tertiary/aromatic N) is 2. The average molecular weight is 434 g/mol. The number of methoxy groups -OCH3 is 1. The van der Waals surface area contributed by atoms with Crippen LogP contribution in [0, 0.1) is 0 Å². The Morgan fingerprint density at radius 1 is 1.32 bits per heavy atom. The normalized spacial score (nSPS) is 18.8. The third-order valence-corrected chi connectivity index (χ3v) is 5.05. The van der Waals surface area contributed by atoms with Crippen molar-refractivity contribution in [2.45, 2.75) is 45.0 Å². The molecule has 10 nitrogen and oxygen atoms in total. The molecule has 1 fully saturated rings. The Labute approximate surface area is 181 Å². The number of carbonyl (C=O) groups is 4. The highest BCUT2D eigenvalue weighted by atomic mass is 16.5. The highest BCUT2D eigenvalue weighted by Crippen LogP contribution is 2.19. The number of likely N-dealkylation sites (tertiary alicyclic amines) is 1. The van der Waals surface area contributed by atoms with Crippen LogP contribution in [-0.2, 0) is 25.7 Å². The minimum atomic E-state index is -0.907. The van der Waals surface area contributed by atoms with Crippen molar-refractivity contribution in [1.29, 1.82) is 0 Å². The maximum atomic E-state index is 12.6. The maximum Gasteiger partial charge on any atom is 0.245 e. The lowest BCUT2D eigenvalue weighted by Gasteiger charge is -2.27. The summed E-state index contributed by atoms with van der Waals surface area (Å²) in [5.41, 5.74) is 0.879. The summed E-state index contributed by atoms with van der Waals surface area (Å²) < 4.78 is 5.17. The molecule has 1 aromatic carbocycles. The van der Waals surface area contributed by atoms with Crippen LogP contribution in [0.25, 0.3) is 0 Å². The van der Waals surface area contributed by atoms with Gasteiger partial charge in [-0.3, -0.25) is 19.2 Å². The number of carbonyl (C=O) groups excluding carboxylic acids is 4. The van der Waals surface area contributed by atoms with Crippen molar-refractivity contribution >= 4 is 23.6 Å². The van der Waals surface area contributed by atoms with Crippen molar-refractivity contribution in [3.8, 4) is 5.75 Å². The molecule has 3 atom stereocenters. The van der Waals surface area contributed by atoms with Gasteiger partial charge in [-0.2, -0.15) is 0 Å². The Morgan fingerprint density at radius 3 is 2.68 bits per heavy atom. The van der Waals surface area contributed by atoms with Crippen LogP contribution in [0.15, 0.2) is 24.3 Å². The van der Waals surface area contributed by atoms with Crippen molar-refractivity contribution < 1.29 is 29.0 Å². The number of hydrogen-bond donors (Lipinski definition) is 3. The lowest BCUT2D eigenvalue weighted by Crippen LogP contribution is -2.53. The van der Waals surface area contributed by atoms with Gasteiger partial charge in [0, 0.05) is 33.5 Å². The molecule has 31 heavy (non-hydrogen) atoms. The quantitative estimate of drug-likeness (QED) is 0.494. The largest absolute Gasteiger partial charge is 0.497 e. The van der Waals surface area contributed by atoms with Gasteiger partial charge in [0.05, 0.1) is 19.8 Å². The number of ether oxygens (including phenoxy) is 1. The highest BCUT2D eigenvalue weighted by Gasteiger charge is 2.40. The second kappa shape index (κ2) is 10.8.